The molecule has 2 aromatic rings. The van der Waals surface area contributed by atoms with Crippen molar-refractivity contribution in [1.29, 1.82) is 0 Å². The van der Waals surface area contributed by atoms with Crippen molar-refractivity contribution in [3.8, 4) is 17.6 Å². The highest BCUT2D eigenvalue weighted by molar-refractivity contribution is 7.89. The van der Waals surface area contributed by atoms with Crippen LogP contribution >= 0.6 is 11.6 Å². The summed E-state index contributed by atoms with van der Waals surface area (Å²) < 4.78 is 31.8. The van der Waals surface area contributed by atoms with Crippen LogP contribution in [0.5, 0.6) is 5.75 Å². The summed E-state index contributed by atoms with van der Waals surface area (Å²) in [5.41, 5.74) is 1.08. The van der Waals surface area contributed by atoms with Crippen molar-refractivity contribution in [3.63, 3.8) is 0 Å². The van der Waals surface area contributed by atoms with E-state index in [4.69, 9.17) is 16.3 Å². The maximum Gasteiger partial charge on any atom is 0.345 e. The maximum atomic E-state index is 12.4. The predicted octanol–water partition coefficient (Wildman–Crippen LogP) is 4.18. The molecule has 1 unspecified atom stereocenters. The summed E-state index contributed by atoms with van der Waals surface area (Å²) >= 11 is 6.11. The molecule has 0 aliphatic carbocycles. The lowest BCUT2D eigenvalue weighted by molar-refractivity contribution is -0.150. The van der Waals surface area contributed by atoms with E-state index in [0.717, 1.165) is 9.87 Å². The van der Waals surface area contributed by atoms with E-state index in [-0.39, 0.29) is 10.6 Å². The smallest absolute Gasteiger partial charge is 0.345 e. The zero-order valence-electron chi connectivity index (χ0n) is 18.4. The molecule has 166 valence electrons. The minimum atomic E-state index is -3.60. The number of ether oxygens (including phenoxy) is 1. The second-order valence-corrected chi connectivity index (χ2v) is 10.9. The molecule has 0 spiro atoms. The molecule has 0 amide bonds. The third-order valence-electron chi connectivity index (χ3n) is 4.52. The first-order valence-corrected chi connectivity index (χ1v) is 11.3. The molecule has 0 aromatic heterocycles. The van der Waals surface area contributed by atoms with Crippen molar-refractivity contribution in [3.05, 3.63) is 58.1 Å². The second-order valence-electron chi connectivity index (χ2n) is 8.36. The standard InChI is InChI=1S/C23H26ClNO5S/c1-15-7-11-19(31(28,29)25(5)6)14-16(15)8-9-17-13-18(24)10-12-20(17)30-21(22(26)27)23(2,3)4/h7,10-14,21H,1-6H3,(H,26,27). The lowest BCUT2D eigenvalue weighted by Gasteiger charge is -2.28. The Bertz CT molecular complexity index is 1150. The monoisotopic (exact) mass is 463 g/mol. The quantitative estimate of drug-likeness (QED) is 0.672. The van der Waals surface area contributed by atoms with Crippen LogP contribution < -0.4 is 4.74 Å². The van der Waals surface area contributed by atoms with E-state index in [1.54, 1.807) is 45.0 Å². The highest BCUT2D eigenvalue weighted by Crippen LogP contribution is 2.29. The average Bonchev–Trinajstić information content (AvgIpc) is 2.64. The first kappa shape index (κ1) is 24.7. The Morgan fingerprint density at radius 2 is 1.71 bits per heavy atom. The van der Waals surface area contributed by atoms with Crippen LogP contribution in [0, 0.1) is 24.2 Å². The fraction of sp³-hybridized carbons (Fsp3) is 0.348. The molecule has 1 N–H and O–H groups in total. The molecular formula is C23H26ClNO5S. The lowest BCUT2D eigenvalue weighted by Crippen LogP contribution is -2.39. The normalized spacial score (nSPS) is 12.8. The van der Waals surface area contributed by atoms with Gasteiger partial charge in [-0.1, -0.05) is 50.3 Å². The number of aliphatic carboxylic acids is 1. The molecule has 31 heavy (non-hydrogen) atoms. The number of benzene rings is 2. The van der Waals surface area contributed by atoms with Crippen molar-refractivity contribution in [2.24, 2.45) is 5.41 Å². The number of aryl methyl sites for hydroxylation is 1. The van der Waals surface area contributed by atoms with E-state index in [2.05, 4.69) is 11.8 Å². The van der Waals surface area contributed by atoms with Crippen molar-refractivity contribution in [2.45, 2.75) is 38.7 Å². The molecule has 2 rings (SSSR count). The van der Waals surface area contributed by atoms with Gasteiger partial charge in [-0.05, 0) is 42.8 Å². The van der Waals surface area contributed by atoms with Crippen LogP contribution in [0.1, 0.15) is 37.5 Å². The highest BCUT2D eigenvalue weighted by atomic mass is 35.5. The molecule has 6 nitrogen and oxygen atoms in total. The van der Waals surface area contributed by atoms with Crippen molar-refractivity contribution in [2.75, 3.05) is 14.1 Å². The van der Waals surface area contributed by atoms with E-state index in [1.165, 1.54) is 26.2 Å². The van der Waals surface area contributed by atoms with Gasteiger partial charge in [-0.15, -0.1) is 0 Å². The number of hydrogen-bond acceptors (Lipinski definition) is 4. The van der Waals surface area contributed by atoms with E-state index >= 15 is 0 Å². The summed E-state index contributed by atoms with van der Waals surface area (Å²) in [6, 6.07) is 9.49. The van der Waals surface area contributed by atoms with Gasteiger partial charge in [0.2, 0.25) is 10.0 Å². The maximum absolute atomic E-state index is 12.4. The fourth-order valence-electron chi connectivity index (χ4n) is 2.67. The fourth-order valence-corrected chi connectivity index (χ4v) is 3.77. The van der Waals surface area contributed by atoms with Gasteiger partial charge in [0.15, 0.2) is 6.10 Å². The van der Waals surface area contributed by atoms with Gasteiger partial charge in [-0.3, -0.25) is 0 Å². The van der Waals surface area contributed by atoms with Crippen molar-refractivity contribution < 1.29 is 23.1 Å². The zero-order valence-corrected chi connectivity index (χ0v) is 19.9. The molecule has 0 bridgehead atoms. The molecule has 0 saturated carbocycles. The molecule has 8 heteroatoms. The molecule has 0 aliphatic rings. The average molecular weight is 464 g/mol. The van der Waals surface area contributed by atoms with E-state index in [1.807, 2.05) is 6.92 Å². The number of carboxylic acid groups (broad SMARTS) is 1. The van der Waals surface area contributed by atoms with Crippen molar-refractivity contribution in [1.82, 2.24) is 4.31 Å². The lowest BCUT2D eigenvalue weighted by atomic mass is 9.89. The molecule has 1 atom stereocenters. The number of rotatable bonds is 5. The Hall–Kier alpha value is -2.53. The number of nitrogens with zero attached hydrogens (tertiary/aromatic N) is 1. The van der Waals surface area contributed by atoms with E-state index in [9.17, 15) is 18.3 Å². The SMILES string of the molecule is Cc1ccc(S(=O)(=O)N(C)C)cc1C#Cc1cc(Cl)ccc1OC(C(=O)O)C(C)(C)C. The van der Waals surface area contributed by atoms with E-state index < -0.39 is 27.5 Å². The van der Waals surface area contributed by atoms with Crippen LogP contribution in [0.15, 0.2) is 41.3 Å². The Morgan fingerprint density at radius 1 is 1.10 bits per heavy atom. The van der Waals surface area contributed by atoms with Crippen LogP contribution in [0.25, 0.3) is 0 Å². The molecular weight excluding hydrogens is 438 g/mol. The third-order valence-corrected chi connectivity index (χ3v) is 6.56. The van der Waals surface area contributed by atoms with Gasteiger partial charge in [0.1, 0.15) is 5.75 Å². The predicted molar refractivity (Wildman–Crippen MR) is 121 cm³/mol. The zero-order chi connectivity index (χ0) is 23.6. The Balaban J connectivity index is 2.53. The molecule has 0 aliphatic heterocycles. The molecule has 0 saturated heterocycles. The summed E-state index contributed by atoms with van der Waals surface area (Å²) in [7, 11) is -0.676. The molecule has 0 heterocycles. The second kappa shape index (κ2) is 9.31. The Morgan fingerprint density at radius 3 is 2.26 bits per heavy atom. The summed E-state index contributed by atoms with van der Waals surface area (Å²) in [5.74, 6) is 5.13. The first-order chi connectivity index (χ1) is 14.2. The first-order valence-electron chi connectivity index (χ1n) is 9.47. The number of sulfonamides is 1. The third kappa shape index (κ3) is 6.01. The largest absolute Gasteiger partial charge is 0.478 e. The summed E-state index contributed by atoms with van der Waals surface area (Å²) in [5, 5.41) is 9.98. The van der Waals surface area contributed by atoms with Crippen LogP contribution in [0.3, 0.4) is 0 Å². The Kier molecular flexibility index (Phi) is 7.43. The topological polar surface area (TPSA) is 83.9 Å². The van der Waals surface area contributed by atoms with Crippen molar-refractivity contribution >= 4 is 27.6 Å². The number of halogens is 1. The minimum Gasteiger partial charge on any atom is -0.478 e. The molecule has 0 radical (unpaired) electrons. The highest BCUT2D eigenvalue weighted by Gasteiger charge is 2.33. The van der Waals surface area contributed by atoms with Gasteiger partial charge in [-0.25, -0.2) is 17.5 Å². The van der Waals surface area contributed by atoms with Crippen LogP contribution in [0.2, 0.25) is 5.02 Å². The van der Waals surface area contributed by atoms with Crippen LogP contribution in [0.4, 0.5) is 0 Å². The van der Waals surface area contributed by atoms with Gasteiger partial charge in [0.25, 0.3) is 0 Å². The summed E-state index contributed by atoms with van der Waals surface area (Å²) in [6.07, 6.45) is -1.09. The molecule has 2 aromatic carbocycles. The van der Waals surface area contributed by atoms with Gasteiger partial charge in [-0.2, -0.15) is 0 Å². The van der Waals surface area contributed by atoms with Crippen LogP contribution in [-0.2, 0) is 14.8 Å². The number of hydrogen-bond donors (Lipinski definition) is 1. The minimum absolute atomic E-state index is 0.133. The summed E-state index contributed by atoms with van der Waals surface area (Å²) in [4.78, 5) is 11.8. The number of carboxylic acids is 1. The van der Waals surface area contributed by atoms with Crippen LogP contribution in [-0.4, -0.2) is 44.0 Å². The van der Waals surface area contributed by atoms with E-state index in [0.29, 0.717) is 16.1 Å². The van der Waals surface area contributed by atoms with Gasteiger partial charge in [0.05, 0.1) is 10.5 Å². The number of carbonyl (C=O) groups is 1. The summed E-state index contributed by atoms with van der Waals surface area (Å²) in [6.45, 7) is 7.14. The van der Waals surface area contributed by atoms with Gasteiger partial charge in [0, 0.05) is 30.1 Å². The van der Waals surface area contributed by atoms with Gasteiger partial charge >= 0.3 is 5.97 Å². The molecule has 0 fully saturated rings. The Labute approximate surface area is 188 Å². The van der Waals surface area contributed by atoms with Gasteiger partial charge < -0.3 is 9.84 Å².